The number of ether oxygens (including phenoxy) is 1. The fraction of sp³-hybridized carbons (Fsp3) is 0.800. The third-order valence-corrected chi connectivity index (χ3v) is 5.74. The molecular formula is C15H28N4O3S. The molecule has 2 atom stereocenters. The number of nitrogens with zero attached hydrogens (tertiary/aromatic N) is 3. The van der Waals surface area contributed by atoms with Crippen molar-refractivity contribution in [1.82, 2.24) is 19.4 Å². The van der Waals surface area contributed by atoms with Crippen LogP contribution in [0.25, 0.3) is 0 Å². The molecule has 0 aliphatic carbocycles. The highest BCUT2D eigenvalue weighted by molar-refractivity contribution is 7.88. The highest BCUT2D eigenvalue weighted by Gasteiger charge is 2.31. The molecule has 7 nitrogen and oxygen atoms in total. The SMILES string of the molecule is CC[C@@H]1CN(S(C)(=O)=O)CC[C@@H]1NCc1cnn(CCOC)c1. The van der Waals surface area contributed by atoms with Crippen LogP contribution in [0, 0.1) is 5.92 Å². The molecule has 1 aliphatic heterocycles. The van der Waals surface area contributed by atoms with Crippen LogP contribution in [0.5, 0.6) is 0 Å². The lowest BCUT2D eigenvalue weighted by Crippen LogP contribution is -2.50. The number of nitrogens with one attached hydrogen (secondary N) is 1. The Morgan fingerprint density at radius 3 is 2.91 bits per heavy atom. The van der Waals surface area contributed by atoms with Gasteiger partial charge >= 0.3 is 0 Å². The Morgan fingerprint density at radius 1 is 1.48 bits per heavy atom. The lowest BCUT2D eigenvalue weighted by atomic mass is 9.91. The summed E-state index contributed by atoms with van der Waals surface area (Å²) >= 11 is 0. The molecule has 0 radical (unpaired) electrons. The molecule has 1 N–H and O–H groups in total. The number of rotatable bonds is 8. The second-order valence-electron chi connectivity index (χ2n) is 6.17. The Kier molecular flexibility index (Phi) is 6.58. The monoisotopic (exact) mass is 344 g/mol. The number of hydrogen-bond donors (Lipinski definition) is 1. The van der Waals surface area contributed by atoms with Crippen LogP contribution in [-0.2, 0) is 27.8 Å². The van der Waals surface area contributed by atoms with Crippen LogP contribution in [0.4, 0.5) is 0 Å². The van der Waals surface area contributed by atoms with Crippen molar-refractivity contribution in [2.24, 2.45) is 5.92 Å². The summed E-state index contributed by atoms with van der Waals surface area (Å²) in [5, 5.41) is 7.88. The van der Waals surface area contributed by atoms with Gasteiger partial charge in [-0.05, 0) is 12.3 Å². The minimum absolute atomic E-state index is 0.348. The molecule has 1 aromatic heterocycles. The van der Waals surface area contributed by atoms with E-state index >= 15 is 0 Å². The first-order valence-corrected chi connectivity index (χ1v) is 9.97. The fourth-order valence-corrected chi connectivity index (χ4v) is 3.94. The van der Waals surface area contributed by atoms with E-state index < -0.39 is 10.0 Å². The summed E-state index contributed by atoms with van der Waals surface area (Å²) in [6, 6.07) is 0.348. The molecule has 1 aromatic rings. The van der Waals surface area contributed by atoms with Crippen LogP contribution in [0.3, 0.4) is 0 Å². The van der Waals surface area contributed by atoms with Crippen LogP contribution in [-0.4, -0.2) is 61.6 Å². The molecule has 0 spiro atoms. The number of aromatic nitrogens is 2. The summed E-state index contributed by atoms with van der Waals surface area (Å²) in [6.45, 7) is 5.48. The first-order chi connectivity index (χ1) is 10.9. The maximum Gasteiger partial charge on any atom is 0.211 e. The fourth-order valence-electron chi connectivity index (χ4n) is 3.04. The second-order valence-corrected chi connectivity index (χ2v) is 8.15. The summed E-state index contributed by atoms with van der Waals surface area (Å²) in [6.07, 6.45) is 7.01. The molecule has 8 heteroatoms. The first kappa shape index (κ1) is 18.4. The van der Waals surface area contributed by atoms with Crippen molar-refractivity contribution in [3.05, 3.63) is 18.0 Å². The van der Waals surface area contributed by atoms with E-state index in [1.807, 2.05) is 17.1 Å². The predicted octanol–water partition coefficient (Wildman–Crippen LogP) is 0.679. The van der Waals surface area contributed by atoms with Crippen LogP contribution in [0.2, 0.25) is 0 Å². The van der Waals surface area contributed by atoms with Gasteiger partial charge in [0.05, 0.1) is 25.6 Å². The largest absolute Gasteiger partial charge is 0.383 e. The zero-order valence-corrected chi connectivity index (χ0v) is 15.1. The molecule has 0 aromatic carbocycles. The average Bonchev–Trinajstić information content (AvgIpc) is 2.97. The van der Waals surface area contributed by atoms with Crippen LogP contribution in [0.1, 0.15) is 25.3 Å². The molecule has 0 unspecified atom stereocenters. The topological polar surface area (TPSA) is 76.5 Å². The second kappa shape index (κ2) is 8.23. The molecule has 132 valence electrons. The maximum absolute atomic E-state index is 11.7. The smallest absolute Gasteiger partial charge is 0.211 e. The molecule has 2 rings (SSSR count). The summed E-state index contributed by atoms with van der Waals surface area (Å²) < 4.78 is 31.9. The lowest BCUT2D eigenvalue weighted by Gasteiger charge is -2.37. The van der Waals surface area contributed by atoms with Gasteiger partial charge in [0.15, 0.2) is 0 Å². The van der Waals surface area contributed by atoms with E-state index in [9.17, 15) is 8.42 Å². The van der Waals surface area contributed by atoms with Gasteiger partial charge in [0, 0.05) is 44.5 Å². The minimum atomic E-state index is -3.08. The Bertz CT molecular complexity index is 587. The van der Waals surface area contributed by atoms with Crippen molar-refractivity contribution in [2.45, 2.75) is 38.9 Å². The molecule has 1 saturated heterocycles. The lowest BCUT2D eigenvalue weighted by molar-refractivity contribution is 0.183. The van der Waals surface area contributed by atoms with Crippen molar-refractivity contribution < 1.29 is 13.2 Å². The number of hydrogen-bond acceptors (Lipinski definition) is 5. The molecule has 0 amide bonds. The van der Waals surface area contributed by atoms with Crippen molar-refractivity contribution in [3.8, 4) is 0 Å². The summed E-state index contributed by atoms with van der Waals surface area (Å²) in [4.78, 5) is 0. The van der Waals surface area contributed by atoms with E-state index in [2.05, 4.69) is 17.3 Å². The van der Waals surface area contributed by atoms with Gasteiger partial charge in [-0.15, -0.1) is 0 Å². The van der Waals surface area contributed by atoms with Crippen molar-refractivity contribution in [3.63, 3.8) is 0 Å². The van der Waals surface area contributed by atoms with E-state index in [-0.39, 0.29) is 0 Å². The molecule has 0 saturated carbocycles. The third-order valence-electron chi connectivity index (χ3n) is 4.47. The Hall–Kier alpha value is -0.960. The van der Waals surface area contributed by atoms with E-state index in [1.165, 1.54) is 6.26 Å². The summed E-state index contributed by atoms with van der Waals surface area (Å²) in [5.74, 6) is 0.349. The molecule has 23 heavy (non-hydrogen) atoms. The Labute approximate surface area is 139 Å². The van der Waals surface area contributed by atoms with E-state index in [4.69, 9.17) is 4.74 Å². The first-order valence-electron chi connectivity index (χ1n) is 8.12. The zero-order valence-electron chi connectivity index (χ0n) is 14.2. The zero-order chi connectivity index (χ0) is 16.9. The van der Waals surface area contributed by atoms with Gasteiger partial charge in [0.25, 0.3) is 0 Å². The van der Waals surface area contributed by atoms with Gasteiger partial charge in [-0.1, -0.05) is 13.3 Å². The van der Waals surface area contributed by atoms with Crippen molar-refractivity contribution in [2.75, 3.05) is 33.1 Å². The molecule has 2 heterocycles. The number of sulfonamides is 1. The summed E-state index contributed by atoms with van der Waals surface area (Å²) in [5.41, 5.74) is 1.14. The van der Waals surface area contributed by atoms with Crippen molar-refractivity contribution in [1.29, 1.82) is 0 Å². The molecule has 1 aliphatic rings. The molecule has 1 fully saturated rings. The summed E-state index contributed by atoms with van der Waals surface area (Å²) in [7, 11) is -1.40. The standard InChI is InChI=1S/C15H28N4O3S/c1-4-14-12-19(23(3,20)21)6-5-15(14)16-9-13-10-17-18(11-13)7-8-22-2/h10-11,14-16H,4-9,12H2,1-3H3/t14-,15+/m1/s1. The quantitative estimate of drug-likeness (QED) is 0.750. The number of piperidine rings is 1. The highest BCUT2D eigenvalue weighted by atomic mass is 32.2. The maximum atomic E-state index is 11.7. The normalized spacial score (nSPS) is 23.3. The van der Waals surface area contributed by atoms with Crippen molar-refractivity contribution >= 4 is 10.0 Å². The van der Waals surface area contributed by atoms with E-state index in [0.29, 0.717) is 31.7 Å². The molecular weight excluding hydrogens is 316 g/mol. The Balaban J connectivity index is 1.86. The van der Waals surface area contributed by atoms with Gasteiger partial charge < -0.3 is 10.1 Å². The average molecular weight is 344 g/mol. The Morgan fingerprint density at radius 2 is 2.26 bits per heavy atom. The van der Waals surface area contributed by atoms with Crippen LogP contribution < -0.4 is 5.32 Å². The highest BCUT2D eigenvalue weighted by Crippen LogP contribution is 2.22. The van der Waals surface area contributed by atoms with E-state index in [0.717, 1.165) is 31.5 Å². The van der Waals surface area contributed by atoms with Gasteiger partial charge in [0.2, 0.25) is 10.0 Å². The minimum Gasteiger partial charge on any atom is -0.383 e. The van der Waals surface area contributed by atoms with E-state index in [1.54, 1.807) is 11.4 Å². The molecule has 0 bridgehead atoms. The van der Waals surface area contributed by atoms with Gasteiger partial charge in [-0.25, -0.2) is 12.7 Å². The van der Waals surface area contributed by atoms with Crippen LogP contribution in [0.15, 0.2) is 12.4 Å². The van der Waals surface area contributed by atoms with Crippen LogP contribution >= 0.6 is 0 Å². The number of methoxy groups -OCH3 is 1. The van der Waals surface area contributed by atoms with Gasteiger partial charge in [0.1, 0.15) is 0 Å². The van der Waals surface area contributed by atoms with Gasteiger partial charge in [-0.2, -0.15) is 5.10 Å². The predicted molar refractivity (Wildman–Crippen MR) is 89.5 cm³/mol. The van der Waals surface area contributed by atoms with Gasteiger partial charge in [-0.3, -0.25) is 4.68 Å². The third kappa shape index (κ3) is 5.27.